The predicted molar refractivity (Wildman–Crippen MR) is 138 cm³/mol. The van der Waals surface area contributed by atoms with E-state index in [2.05, 4.69) is 6.92 Å². The SMILES string of the molecule is CO[C@@H]1C[C@H](O[C@H]2CC[C@@]3(C)[C@H](CC[C@@H]4[C@@H]3C(=O)[C@@H](O)[C@]3(C)[C@@H](C5=CC(=O)OC5)CC[C@]43O)C2)O[C@H](C)[C@@H]1O. The summed E-state index contributed by atoms with van der Waals surface area (Å²) in [6.07, 6.45) is 3.83. The smallest absolute Gasteiger partial charge is 0.331 e. The summed E-state index contributed by atoms with van der Waals surface area (Å²) in [5.74, 6) is -1.24. The number of cyclic esters (lactones) is 1. The predicted octanol–water partition coefficient (Wildman–Crippen LogP) is 2.29. The van der Waals surface area contributed by atoms with Gasteiger partial charge >= 0.3 is 5.97 Å². The van der Waals surface area contributed by atoms with Crippen LogP contribution in [0.15, 0.2) is 11.6 Å². The Labute approximate surface area is 230 Å². The third-order valence-electron chi connectivity index (χ3n) is 12.1. The van der Waals surface area contributed by atoms with Gasteiger partial charge in [-0.2, -0.15) is 0 Å². The van der Waals surface area contributed by atoms with E-state index in [1.807, 2.05) is 13.8 Å². The van der Waals surface area contributed by atoms with Gasteiger partial charge in [0.2, 0.25) is 0 Å². The number of rotatable bonds is 4. The van der Waals surface area contributed by atoms with Gasteiger partial charge in [0, 0.05) is 30.9 Å². The molecular weight excluding hydrogens is 504 g/mol. The molecule has 0 radical (unpaired) electrons. The molecule has 0 aromatic rings. The summed E-state index contributed by atoms with van der Waals surface area (Å²) in [6.45, 7) is 6.02. The van der Waals surface area contributed by atoms with Gasteiger partial charge in [0.1, 0.15) is 18.8 Å². The first-order chi connectivity index (χ1) is 18.4. The minimum atomic E-state index is -1.30. The minimum Gasteiger partial charge on any atom is -0.458 e. The van der Waals surface area contributed by atoms with Crippen molar-refractivity contribution >= 4 is 11.8 Å². The van der Waals surface area contributed by atoms with E-state index in [1.54, 1.807) is 7.11 Å². The number of ketones is 1. The van der Waals surface area contributed by atoms with Crippen LogP contribution in [-0.4, -0.2) is 83.2 Å². The zero-order valence-corrected chi connectivity index (χ0v) is 23.5. The summed E-state index contributed by atoms with van der Waals surface area (Å²) >= 11 is 0. The molecule has 13 atom stereocenters. The second kappa shape index (κ2) is 9.60. The van der Waals surface area contributed by atoms with Crippen LogP contribution in [0.5, 0.6) is 0 Å². The van der Waals surface area contributed by atoms with Gasteiger partial charge in [-0.05, 0) is 80.6 Å². The van der Waals surface area contributed by atoms with Crippen LogP contribution in [-0.2, 0) is 28.5 Å². The van der Waals surface area contributed by atoms with Crippen molar-refractivity contribution in [1.82, 2.24) is 0 Å². The number of fused-ring (bicyclic) bond motifs is 5. The topological polar surface area (TPSA) is 132 Å². The highest BCUT2D eigenvalue weighted by Gasteiger charge is 2.73. The lowest BCUT2D eigenvalue weighted by molar-refractivity contribution is -0.274. The maximum absolute atomic E-state index is 14.1. The zero-order chi connectivity index (χ0) is 27.9. The van der Waals surface area contributed by atoms with Crippen molar-refractivity contribution in [3.63, 3.8) is 0 Å². The summed E-state index contributed by atoms with van der Waals surface area (Å²) in [6, 6.07) is 0. The Kier molecular flexibility index (Phi) is 6.84. The average molecular weight is 549 g/mol. The number of aliphatic hydroxyl groups is 3. The van der Waals surface area contributed by atoms with Crippen LogP contribution in [0.2, 0.25) is 0 Å². The highest BCUT2D eigenvalue weighted by molar-refractivity contribution is 5.90. The fourth-order valence-electron chi connectivity index (χ4n) is 9.82. The number of ether oxygens (including phenoxy) is 4. The van der Waals surface area contributed by atoms with Gasteiger partial charge in [0.05, 0.1) is 23.9 Å². The lowest BCUT2D eigenvalue weighted by atomic mass is 9.42. The molecule has 218 valence electrons. The van der Waals surface area contributed by atoms with Crippen molar-refractivity contribution in [3.8, 4) is 0 Å². The van der Waals surface area contributed by atoms with Gasteiger partial charge in [-0.1, -0.05) is 13.8 Å². The average Bonchev–Trinajstić information content (AvgIpc) is 3.45. The Morgan fingerprint density at radius 2 is 1.82 bits per heavy atom. The normalized spacial score (nSPS) is 53.5. The fraction of sp³-hybridized carbons (Fsp3) is 0.867. The lowest BCUT2D eigenvalue weighted by Gasteiger charge is -2.64. The number of hydrogen-bond acceptors (Lipinski definition) is 9. The van der Waals surface area contributed by atoms with Crippen molar-refractivity contribution in [1.29, 1.82) is 0 Å². The van der Waals surface area contributed by atoms with E-state index in [9.17, 15) is 24.9 Å². The second-order valence-electron chi connectivity index (χ2n) is 13.6. The van der Waals surface area contributed by atoms with Gasteiger partial charge in [-0.15, -0.1) is 0 Å². The Morgan fingerprint density at radius 3 is 2.51 bits per heavy atom. The maximum Gasteiger partial charge on any atom is 0.331 e. The molecule has 3 N–H and O–H groups in total. The molecule has 0 amide bonds. The van der Waals surface area contributed by atoms with E-state index >= 15 is 0 Å². The monoisotopic (exact) mass is 548 g/mol. The molecule has 0 aromatic heterocycles. The molecule has 0 spiro atoms. The van der Waals surface area contributed by atoms with Gasteiger partial charge in [-0.3, -0.25) is 4.79 Å². The Bertz CT molecular complexity index is 1040. The third kappa shape index (κ3) is 3.94. The zero-order valence-electron chi connectivity index (χ0n) is 23.5. The molecule has 9 heteroatoms. The molecule has 1 saturated heterocycles. The molecule has 6 rings (SSSR count). The van der Waals surface area contributed by atoms with Crippen LogP contribution in [0, 0.1) is 34.5 Å². The molecule has 39 heavy (non-hydrogen) atoms. The van der Waals surface area contributed by atoms with E-state index < -0.39 is 41.4 Å². The number of aliphatic hydroxyl groups excluding tert-OH is 2. The first kappa shape index (κ1) is 27.8. The largest absolute Gasteiger partial charge is 0.458 e. The quantitative estimate of drug-likeness (QED) is 0.358. The Hall–Kier alpha value is -1.36. The highest BCUT2D eigenvalue weighted by atomic mass is 16.7. The highest BCUT2D eigenvalue weighted by Crippen LogP contribution is 2.69. The van der Waals surface area contributed by atoms with Crippen molar-refractivity contribution in [2.75, 3.05) is 13.7 Å². The number of methoxy groups -OCH3 is 1. The Morgan fingerprint density at radius 1 is 1.05 bits per heavy atom. The summed E-state index contributed by atoms with van der Waals surface area (Å²) in [5.41, 5.74) is -1.80. The number of carbonyl (C=O) groups excluding carboxylic acids is 2. The molecule has 0 aromatic carbocycles. The summed E-state index contributed by atoms with van der Waals surface area (Å²) in [7, 11) is 1.59. The molecule has 2 heterocycles. The van der Waals surface area contributed by atoms with Crippen molar-refractivity contribution in [3.05, 3.63) is 11.6 Å². The number of hydrogen-bond donors (Lipinski definition) is 3. The van der Waals surface area contributed by atoms with E-state index in [1.165, 1.54) is 6.08 Å². The van der Waals surface area contributed by atoms with Crippen LogP contribution in [0.25, 0.3) is 0 Å². The van der Waals surface area contributed by atoms with Crippen LogP contribution in [0.1, 0.15) is 72.1 Å². The number of carbonyl (C=O) groups is 2. The minimum absolute atomic E-state index is 0.0238. The van der Waals surface area contributed by atoms with Gasteiger partial charge in [0.25, 0.3) is 0 Å². The standard InChI is InChI=1S/C30H44O9/c1-15-25(32)21(36-4)13-23(38-15)39-18-7-9-28(2)17(12-18)5-6-20-24(28)26(33)27(34)29(3)19(8-10-30(20,29)35)16-11-22(31)37-14-16/h11,15,17-21,23-25,27,32,34-35H,5-10,12-14H2,1-4H3/t15-,17-,18+,19-,20-,21-,23+,24-,25+,27-,28+,29+,30+/m1/s1. The number of esters is 1. The van der Waals surface area contributed by atoms with Gasteiger partial charge in [0.15, 0.2) is 12.1 Å². The molecule has 2 aliphatic heterocycles. The van der Waals surface area contributed by atoms with E-state index in [0.717, 1.165) is 37.7 Å². The molecule has 5 fully saturated rings. The molecule has 0 unspecified atom stereocenters. The van der Waals surface area contributed by atoms with Crippen molar-refractivity contribution in [2.24, 2.45) is 34.5 Å². The molecule has 9 nitrogen and oxygen atoms in total. The molecular formula is C30H44O9. The lowest BCUT2D eigenvalue weighted by Crippen LogP contribution is -2.70. The van der Waals surface area contributed by atoms with Crippen molar-refractivity contribution in [2.45, 2.75) is 115 Å². The summed E-state index contributed by atoms with van der Waals surface area (Å²) in [4.78, 5) is 25.9. The van der Waals surface area contributed by atoms with Crippen LogP contribution < -0.4 is 0 Å². The molecule has 6 aliphatic rings. The summed E-state index contributed by atoms with van der Waals surface area (Å²) in [5, 5.41) is 34.3. The van der Waals surface area contributed by atoms with Gasteiger partial charge < -0.3 is 34.3 Å². The maximum atomic E-state index is 14.1. The fourth-order valence-corrected chi connectivity index (χ4v) is 9.82. The van der Waals surface area contributed by atoms with Gasteiger partial charge in [-0.25, -0.2) is 4.79 Å². The number of Topliss-reactive ketones (excluding diaryl/α,β-unsaturated/α-hetero) is 1. The third-order valence-corrected chi connectivity index (χ3v) is 12.1. The van der Waals surface area contributed by atoms with Crippen LogP contribution >= 0.6 is 0 Å². The summed E-state index contributed by atoms with van der Waals surface area (Å²) < 4.78 is 22.9. The van der Waals surface area contributed by atoms with Crippen molar-refractivity contribution < 1.29 is 43.9 Å². The van der Waals surface area contributed by atoms with E-state index in [0.29, 0.717) is 19.3 Å². The molecule has 4 saturated carbocycles. The van der Waals surface area contributed by atoms with Crippen LogP contribution in [0.3, 0.4) is 0 Å². The molecule has 4 aliphatic carbocycles. The van der Waals surface area contributed by atoms with E-state index in [-0.39, 0.29) is 53.9 Å². The van der Waals surface area contributed by atoms with Crippen LogP contribution in [0.4, 0.5) is 0 Å². The first-order valence-electron chi connectivity index (χ1n) is 14.8. The first-order valence-corrected chi connectivity index (χ1v) is 14.8. The Balaban J connectivity index is 1.21. The van der Waals surface area contributed by atoms with E-state index in [4.69, 9.17) is 18.9 Å². The molecule has 0 bridgehead atoms. The second-order valence-corrected chi connectivity index (χ2v) is 13.6.